The van der Waals surface area contributed by atoms with Crippen LogP contribution in [0.4, 0.5) is 0 Å². The van der Waals surface area contributed by atoms with Crippen LogP contribution in [0, 0.1) is 0 Å². The van der Waals surface area contributed by atoms with Crippen molar-refractivity contribution >= 4 is 5.91 Å². The number of methoxy groups -OCH3 is 1. The van der Waals surface area contributed by atoms with Gasteiger partial charge in [-0.3, -0.25) is 10.1 Å². The maximum absolute atomic E-state index is 10.9. The number of nitrogens with zero attached hydrogens (tertiary/aromatic N) is 1. The van der Waals surface area contributed by atoms with Crippen LogP contribution in [0.3, 0.4) is 0 Å². The first-order chi connectivity index (χ1) is 7.26. The van der Waals surface area contributed by atoms with Crippen LogP contribution in [0.1, 0.15) is 18.9 Å². The molecule has 1 amide bonds. The van der Waals surface area contributed by atoms with E-state index in [1.807, 2.05) is 31.2 Å². The Morgan fingerprint density at radius 1 is 1.33 bits per heavy atom. The predicted molar refractivity (Wildman–Crippen MR) is 59.0 cm³/mol. The monoisotopic (exact) mass is 206 g/mol. The molecule has 0 unspecified atom stereocenters. The molecule has 0 saturated heterocycles. The van der Waals surface area contributed by atoms with Crippen molar-refractivity contribution in [2.45, 2.75) is 19.8 Å². The van der Waals surface area contributed by atoms with E-state index in [0.29, 0.717) is 13.0 Å². The standard InChI is InChI=1S/C12H16NO2/c1-3-12(14)13-9-8-10-4-6-11(15-2)7-5-10/h4-7H,3,8-9H2,1-2H3. The van der Waals surface area contributed by atoms with E-state index in [4.69, 9.17) is 4.74 Å². The summed E-state index contributed by atoms with van der Waals surface area (Å²) in [5.41, 5.74) is 1.17. The summed E-state index contributed by atoms with van der Waals surface area (Å²) in [6.07, 6.45) is 1.29. The van der Waals surface area contributed by atoms with Crippen molar-refractivity contribution < 1.29 is 9.53 Å². The third-order valence-corrected chi connectivity index (χ3v) is 2.15. The van der Waals surface area contributed by atoms with Gasteiger partial charge >= 0.3 is 0 Å². The number of rotatable bonds is 5. The smallest absolute Gasteiger partial charge is 0.240 e. The topological polar surface area (TPSA) is 40.4 Å². The summed E-state index contributed by atoms with van der Waals surface area (Å²) in [5.74, 6) is 0.823. The minimum absolute atomic E-state index is 0.0245. The fourth-order valence-electron chi connectivity index (χ4n) is 1.21. The van der Waals surface area contributed by atoms with Gasteiger partial charge in [-0.15, -0.1) is 0 Å². The van der Waals surface area contributed by atoms with E-state index < -0.39 is 0 Å². The van der Waals surface area contributed by atoms with Crippen LogP contribution in [0.5, 0.6) is 5.75 Å². The molecule has 0 spiro atoms. The Kier molecular flexibility index (Phi) is 4.68. The van der Waals surface area contributed by atoms with Gasteiger partial charge in [-0.2, -0.15) is 0 Å². The highest BCUT2D eigenvalue weighted by atomic mass is 16.5. The molecule has 1 aromatic rings. The third-order valence-electron chi connectivity index (χ3n) is 2.15. The molecule has 0 fully saturated rings. The van der Waals surface area contributed by atoms with Crippen molar-refractivity contribution in [2.75, 3.05) is 13.7 Å². The molecule has 0 aliphatic carbocycles. The van der Waals surface area contributed by atoms with Crippen molar-refractivity contribution in [1.82, 2.24) is 5.32 Å². The van der Waals surface area contributed by atoms with Crippen LogP contribution in [-0.2, 0) is 11.2 Å². The molecule has 0 atom stereocenters. The molecular formula is C12H16NO2. The molecule has 0 aromatic heterocycles. The molecule has 1 aromatic carbocycles. The summed E-state index contributed by atoms with van der Waals surface area (Å²) >= 11 is 0. The first-order valence-electron chi connectivity index (χ1n) is 5.09. The molecule has 3 heteroatoms. The average molecular weight is 206 g/mol. The molecule has 0 bridgehead atoms. The molecule has 81 valence electrons. The Bertz CT molecular complexity index is 306. The number of hydrogen-bond donors (Lipinski definition) is 0. The summed E-state index contributed by atoms with van der Waals surface area (Å²) in [6.45, 7) is 2.39. The van der Waals surface area contributed by atoms with Gasteiger partial charge < -0.3 is 4.74 Å². The van der Waals surface area contributed by atoms with Crippen molar-refractivity contribution in [3.8, 4) is 5.75 Å². The van der Waals surface area contributed by atoms with Crippen LogP contribution in [-0.4, -0.2) is 19.6 Å². The minimum Gasteiger partial charge on any atom is -0.497 e. The van der Waals surface area contributed by atoms with Crippen molar-refractivity contribution in [2.24, 2.45) is 0 Å². The van der Waals surface area contributed by atoms with Crippen LogP contribution >= 0.6 is 0 Å². The third kappa shape index (κ3) is 4.02. The lowest BCUT2D eigenvalue weighted by atomic mass is 10.1. The van der Waals surface area contributed by atoms with Gasteiger partial charge in [-0.05, 0) is 24.1 Å². The normalized spacial score (nSPS) is 9.73. The molecule has 3 nitrogen and oxygen atoms in total. The van der Waals surface area contributed by atoms with Gasteiger partial charge in [0.15, 0.2) is 0 Å². The van der Waals surface area contributed by atoms with Crippen molar-refractivity contribution in [3.63, 3.8) is 0 Å². The SMILES string of the molecule is CCC(=O)[N]CCc1ccc(OC)cc1. The lowest BCUT2D eigenvalue weighted by Crippen LogP contribution is -2.16. The van der Waals surface area contributed by atoms with Crippen LogP contribution in [0.2, 0.25) is 0 Å². The number of carbonyl (C=O) groups is 1. The van der Waals surface area contributed by atoms with Gasteiger partial charge in [0, 0.05) is 13.0 Å². The Morgan fingerprint density at radius 3 is 2.53 bits per heavy atom. The van der Waals surface area contributed by atoms with Crippen molar-refractivity contribution in [1.29, 1.82) is 0 Å². The molecule has 1 radical (unpaired) electrons. The van der Waals surface area contributed by atoms with Crippen LogP contribution in [0.25, 0.3) is 0 Å². The Morgan fingerprint density at radius 2 is 2.00 bits per heavy atom. The van der Waals surface area contributed by atoms with E-state index in [1.54, 1.807) is 7.11 Å². The molecule has 0 aliphatic rings. The second-order valence-electron chi connectivity index (χ2n) is 3.23. The maximum Gasteiger partial charge on any atom is 0.240 e. The van der Waals surface area contributed by atoms with E-state index in [0.717, 1.165) is 12.2 Å². The lowest BCUT2D eigenvalue weighted by molar-refractivity contribution is -0.121. The second kappa shape index (κ2) is 6.06. The predicted octanol–water partition coefficient (Wildman–Crippen LogP) is 1.78. The highest BCUT2D eigenvalue weighted by Crippen LogP contribution is 2.11. The van der Waals surface area contributed by atoms with Gasteiger partial charge in [0.2, 0.25) is 5.91 Å². The number of benzene rings is 1. The molecular weight excluding hydrogens is 190 g/mol. The van der Waals surface area contributed by atoms with Gasteiger partial charge in [-0.1, -0.05) is 19.1 Å². The van der Waals surface area contributed by atoms with E-state index in [-0.39, 0.29) is 5.91 Å². The van der Waals surface area contributed by atoms with Crippen molar-refractivity contribution in [3.05, 3.63) is 29.8 Å². The fourth-order valence-corrected chi connectivity index (χ4v) is 1.21. The number of amides is 1. The van der Waals surface area contributed by atoms with E-state index in [2.05, 4.69) is 5.32 Å². The fraction of sp³-hybridized carbons (Fsp3) is 0.417. The molecule has 1 rings (SSSR count). The lowest BCUT2D eigenvalue weighted by Gasteiger charge is -2.03. The van der Waals surface area contributed by atoms with E-state index in [9.17, 15) is 4.79 Å². The molecule has 0 aliphatic heterocycles. The quantitative estimate of drug-likeness (QED) is 0.736. The summed E-state index contributed by atoms with van der Waals surface area (Å²) < 4.78 is 5.05. The summed E-state index contributed by atoms with van der Waals surface area (Å²) in [6, 6.07) is 7.81. The Balaban J connectivity index is 2.34. The van der Waals surface area contributed by atoms with Gasteiger partial charge in [-0.25, -0.2) is 0 Å². The Hall–Kier alpha value is -1.51. The minimum atomic E-state index is -0.0245. The number of hydrogen-bond acceptors (Lipinski definition) is 2. The average Bonchev–Trinajstić information content (AvgIpc) is 2.29. The Labute approximate surface area is 90.4 Å². The zero-order valence-electron chi connectivity index (χ0n) is 9.19. The van der Waals surface area contributed by atoms with Crippen LogP contribution < -0.4 is 10.1 Å². The zero-order chi connectivity index (χ0) is 11.1. The van der Waals surface area contributed by atoms with Crippen LogP contribution in [0.15, 0.2) is 24.3 Å². The largest absolute Gasteiger partial charge is 0.497 e. The highest BCUT2D eigenvalue weighted by Gasteiger charge is 1.99. The van der Waals surface area contributed by atoms with E-state index in [1.165, 1.54) is 5.56 Å². The molecule has 0 saturated carbocycles. The summed E-state index contributed by atoms with van der Waals surface area (Å²) in [5, 5.41) is 3.91. The summed E-state index contributed by atoms with van der Waals surface area (Å²) in [7, 11) is 1.64. The maximum atomic E-state index is 10.9. The number of ether oxygens (including phenoxy) is 1. The second-order valence-corrected chi connectivity index (χ2v) is 3.23. The molecule has 15 heavy (non-hydrogen) atoms. The highest BCUT2D eigenvalue weighted by molar-refractivity contribution is 5.75. The van der Waals surface area contributed by atoms with Gasteiger partial charge in [0.05, 0.1) is 7.11 Å². The molecule has 0 heterocycles. The summed E-state index contributed by atoms with van der Waals surface area (Å²) in [4.78, 5) is 10.9. The molecule has 0 N–H and O–H groups in total. The van der Waals surface area contributed by atoms with Gasteiger partial charge in [0.1, 0.15) is 5.75 Å². The van der Waals surface area contributed by atoms with Gasteiger partial charge in [0.25, 0.3) is 0 Å². The first kappa shape index (κ1) is 11.6. The number of carbonyl (C=O) groups excluding carboxylic acids is 1. The van der Waals surface area contributed by atoms with E-state index >= 15 is 0 Å². The first-order valence-corrected chi connectivity index (χ1v) is 5.09. The zero-order valence-corrected chi connectivity index (χ0v) is 9.19.